The van der Waals surface area contributed by atoms with Gasteiger partial charge in [0, 0.05) is 24.3 Å². The van der Waals surface area contributed by atoms with Crippen LogP contribution in [0.4, 0.5) is 10.5 Å². The predicted molar refractivity (Wildman–Crippen MR) is 75.0 cm³/mol. The lowest BCUT2D eigenvalue weighted by Gasteiger charge is -2.17. The third-order valence-corrected chi connectivity index (χ3v) is 3.17. The molecule has 0 radical (unpaired) electrons. The van der Waals surface area contributed by atoms with Gasteiger partial charge in [-0.1, -0.05) is 11.8 Å². The topological polar surface area (TPSA) is 52.6 Å². The van der Waals surface area contributed by atoms with Gasteiger partial charge in [-0.25, -0.2) is 4.79 Å². The average molecular weight is 258 g/mol. The van der Waals surface area contributed by atoms with Crippen LogP contribution in [0.15, 0.2) is 18.2 Å². The van der Waals surface area contributed by atoms with Crippen LogP contribution in [0.1, 0.15) is 24.0 Å². The van der Waals surface area contributed by atoms with E-state index in [-0.39, 0.29) is 12.6 Å². The zero-order valence-electron chi connectivity index (χ0n) is 11.1. The molecule has 0 atom stereocenters. The number of aliphatic hydroxyl groups excluding tert-OH is 1. The molecule has 1 aliphatic rings. The highest BCUT2D eigenvalue weighted by Crippen LogP contribution is 2.18. The van der Waals surface area contributed by atoms with Crippen molar-refractivity contribution in [3.8, 4) is 11.8 Å². The third-order valence-electron chi connectivity index (χ3n) is 3.17. The number of nitrogens with one attached hydrogen (secondary N) is 1. The fraction of sp³-hybridized carbons (Fsp3) is 0.400. The zero-order chi connectivity index (χ0) is 13.7. The largest absolute Gasteiger partial charge is 0.384 e. The van der Waals surface area contributed by atoms with Crippen LogP contribution < -0.4 is 5.32 Å². The number of hydrogen-bond donors (Lipinski definition) is 2. The van der Waals surface area contributed by atoms with Gasteiger partial charge in [0.25, 0.3) is 0 Å². The Labute approximate surface area is 113 Å². The molecule has 0 saturated carbocycles. The summed E-state index contributed by atoms with van der Waals surface area (Å²) in [5.41, 5.74) is 2.62. The maximum absolute atomic E-state index is 12.0. The van der Waals surface area contributed by atoms with Crippen LogP contribution in [0.3, 0.4) is 0 Å². The van der Waals surface area contributed by atoms with Gasteiger partial charge >= 0.3 is 6.03 Å². The number of hydrogen-bond acceptors (Lipinski definition) is 2. The normalized spacial score (nSPS) is 13.9. The maximum Gasteiger partial charge on any atom is 0.321 e. The Morgan fingerprint density at radius 1 is 1.42 bits per heavy atom. The first-order valence-corrected chi connectivity index (χ1v) is 6.47. The number of carbonyl (C=O) groups excluding carboxylic acids is 1. The highest BCUT2D eigenvalue weighted by molar-refractivity contribution is 5.90. The van der Waals surface area contributed by atoms with Crippen molar-refractivity contribution in [3.63, 3.8) is 0 Å². The second kappa shape index (κ2) is 6.26. The van der Waals surface area contributed by atoms with Gasteiger partial charge in [0.1, 0.15) is 6.61 Å². The van der Waals surface area contributed by atoms with Gasteiger partial charge in [-0.05, 0) is 43.5 Å². The molecule has 1 aromatic carbocycles. The van der Waals surface area contributed by atoms with Crippen molar-refractivity contribution in [2.24, 2.45) is 0 Å². The summed E-state index contributed by atoms with van der Waals surface area (Å²) in [6.45, 7) is 3.46. The number of benzene rings is 1. The van der Waals surface area contributed by atoms with Crippen LogP contribution in [0.25, 0.3) is 0 Å². The fourth-order valence-electron chi connectivity index (χ4n) is 2.14. The second-order valence-electron chi connectivity index (χ2n) is 4.61. The van der Waals surface area contributed by atoms with Gasteiger partial charge in [0.15, 0.2) is 0 Å². The number of anilines is 1. The molecule has 4 heteroatoms. The molecule has 19 heavy (non-hydrogen) atoms. The van der Waals surface area contributed by atoms with E-state index >= 15 is 0 Å². The lowest BCUT2D eigenvalue weighted by Crippen LogP contribution is -2.32. The first kappa shape index (κ1) is 13.4. The Morgan fingerprint density at radius 2 is 2.16 bits per heavy atom. The highest BCUT2D eigenvalue weighted by Gasteiger charge is 2.18. The molecule has 100 valence electrons. The molecule has 2 N–H and O–H groups in total. The number of amides is 2. The van der Waals surface area contributed by atoms with Gasteiger partial charge in [-0.3, -0.25) is 0 Å². The molecule has 0 aliphatic carbocycles. The number of aliphatic hydroxyl groups is 1. The van der Waals surface area contributed by atoms with Crippen molar-refractivity contribution in [3.05, 3.63) is 29.3 Å². The molecule has 0 bridgehead atoms. The molecule has 2 amide bonds. The molecular formula is C15H18N2O2. The number of urea groups is 1. The first-order valence-electron chi connectivity index (χ1n) is 6.47. The number of rotatable bonds is 1. The van der Waals surface area contributed by atoms with Crippen LogP contribution >= 0.6 is 0 Å². The van der Waals surface area contributed by atoms with Crippen molar-refractivity contribution in [2.75, 3.05) is 25.0 Å². The Morgan fingerprint density at radius 3 is 2.79 bits per heavy atom. The van der Waals surface area contributed by atoms with E-state index in [1.165, 1.54) is 0 Å². The predicted octanol–water partition coefficient (Wildman–Crippen LogP) is 1.97. The molecule has 1 fully saturated rings. The van der Waals surface area contributed by atoms with Crippen molar-refractivity contribution in [2.45, 2.75) is 19.8 Å². The Balaban J connectivity index is 2.06. The van der Waals surface area contributed by atoms with E-state index in [1.54, 1.807) is 0 Å². The third kappa shape index (κ3) is 3.49. The molecule has 1 aliphatic heterocycles. The summed E-state index contributed by atoms with van der Waals surface area (Å²) in [4.78, 5) is 13.8. The van der Waals surface area contributed by atoms with Crippen molar-refractivity contribution in [1.29, 1.82) is 0 Å². The number of aryl methyl sites for hydroxylation is 1. The smallest absolute Gasteiger partial charge is 0.321 e. The van der Waals surface area contributed by atoms with E-state index in [2.05, 4.69) is 17.2 Å². The van der Waals surface area contributed by atoms with Crippen molar-refractivity contribution in [1.82, 2.24) is 4.90 Å². The molecule has 1 heterocycles. The lowest BCUT2D eigenvalue weighted by molar-refractivity contribution is 0.222. The van der Waals surface area contributed by atoms with E-state index in [4.69, 9.17) is 5.11 Å². The standard InChI is InChI=1S/C15H18N2O2/c1-12-11-13(5-4-10-18)6-7-14(12)16-15(19)17-8-2-3-9-17/h6-7,11,18H,2-3,8-10H2,1H3,(H,16,19). The summed E-state index contributed by atoms with van der Waals surface area (Å²) in [6.07, 6.45) is 2.17. The Bertz CT molecular complexity index is 523. The number of likely N-dealkylation sites (tertiary alicyclic amines) is 1. The van der Waals surface area contributed by atoms with E-state index in [9.17, 15) is 4.79 Å². The quantitative estimate of drug-likeness (QED) is 0.757. The maximum atomic E-state index is 12.0. The van der Waals surface area contributed by atoms with E-state index in [0.29, 0.717) is 0 Å². The molecule has 0 aromatic heterocycles. The first-order chi connectivity index (χ1) is 9.20. The minimum absolute atomic E-state index is 0.0326. The second-order valence-corrected chi connectivity index (χ2v) is 4.61. The summed E-state index contributed by atoms with van der Waals surface area (Å²) < 4.78 is 0. The van der Waals surface area contributed by atoms with Gasteiger partial charge in [0.2, 0.25) is 0 Å². The summed E-state index contributed by atoms with van der Waals surface area (Å²) in [5.74, 6) is 5.45. The average Bonchev–Trinajstić information content (AvgIpc) is 2.93. The fourth-order valence-corrected chi connectivity index (χ4v) is 2.14. The zero-order valence-corrected chi connectivity index (χ0v) is 11.1. The molecule has 4 nitrogen and oxygen atoms in total. The summed E-state index contributed by atoms with van der Waals surface area (Å²) in [7, 11) is 0. The van der Waals surface area contributed by atoms with Crippen LogP contribution in [0.2, 0.25) is 0 Å². The molecule has 0 spiro atoms. The lowest BCUT2D eigenvalue weighted by atomic mass is 10.1. The van der Waals surface area contributed by atoms with E-state index in [0.717, 1.165) is 42.7 Å². The van der Waals surface area contributed by atoms with Gasteiger partial charge in [-0.2, -0.15) is 0 Å². The van der Waals surface area contributed by atoms with Crippen molar-refractivity contribution >= 4 is 11.7 Å². The summed E-state index contributed by atoms with van der Waals surface area (Å²) >= 11 is 0. The molecule has 1 aromatic rings. The van der Waals surface area contributed by atoms with Gasteiger partial charge in [0.05, 0.1) is 0 Å². The molecule has 0 unspecified atom stereocenters. The van der Waals surface area contributed by atoms with E-state index < -0.39 is 0 Å². The molecular weight excluding hydrogens is 240 g/mol. The summed E-state index contributed by atoms with van der Waals surface area (Å²) in [6, 6.07) is 5.57. The van der Waals surface area contributed by atoms with Gasteiger partial charge in [-0.15, -0.1) is 0 Å². The number of nitrogens with zero attached hydrogens (tertiary/aromatic N) is 1. The SMILES string of the molecule is Cc1cc(C#CCO)ccc1NC(=O)N1CCCC1. The Hall–Kier alpha value is -1.99. The van der Waals surface area contributed by atoms with Crippen molar-refractivity contribution < 1.29 is 9.90 Å². The number of carbonyl (C=O) groups is 1. The van der Waals surface area contributed by atoms with Crippen LogP contribution in [-0.4, -0.2) is 35.7 Å². The van der Waals surface area contributed by atoms with Crippen LogP contribution in [0, 0.1) is 18.8 Å². The summed E-state index contributed by atoms with van der Waals surface area (Å²) in [5, 5.41) is 11.6. The monoisotopic (exact) mass is 258 g/mol. The van der Waals surface area contributed by atoms with E-state index in [1.807, 2.05) is 30.0 Å². The van der Waals surface area contributed by atoms with Gasteiger partial charge < -0.3 is 15.3 Å². The highest BCUT2D eigenvalue weighted by atomic mass is 16.2. The molecule has 2 rings (SSSR count). The van der Waals surface area contributed by atoms with Crippen LogP contribution in [0.5, 0.6) is 0 Å². The molecule has 1 saturated heterocycles. The van der Waals surface area contributed by atoms with Crippen LogP contribution in [-0.2, 0) is 0 Å². The Kier molecular flexibility index (Phi) is 4.43. The minimum Gasteiger partial charge on any atom is -0.384 e. The minimum atomic E-state index is -0.146.